The molecule has 0 saturated carbocycles. The Kier molecular flexibility index (Phi) is 6.17. The molecule has 2 heterocycles. The van der Waals surface area contributed by atoms with Crippen LogP contribution in [0.1, 0.15) is 20.0 Å². The van der Waals surface area contributed by atoms with E-state index in [0.29, 0.717) is 21.2 Å². The number of carbonyl (C=O) groups is 2. The SMILES string of the molecule is COc1ccc2c(Cl)c(C(=O)NNC(=O)c3ccc(Sc4nccn4C)cc3)sc2c1. The molecule has 0 aliphatic heterocycles. The van der Waals surface area contributed by atoms with Gasteiger partial charge in [-0.05, 0) is 42.5 Å². The maximum Gasteiger partial charge on any atom is 0.281 e. The molecular weight excluding hydrogens is 456 g/mol. The van der Waals surface area contributed by atoms with Gasteiger partial charge in [0.1, 0.15) is 10.6 Å². The topological polar surface area (TPSA) is 85.2 Å². The van der Waals surface area contributed by atoms with Crippen molar-refractivity contribution in [1.29, 1.82) is 0 Å². The lowest BCUT2D eigenvalue weighted by molar-refractivity contribution is 0.0849. The molecule has 0 saturated heterocycles. The fourth-order valence-electron chi connectivity index (χ4n) is 2.79. The summed E-state index contributed by atoms with van der Waals surface area (Å²) in [5, 5.41) is 1.94. The van der Waals surface area contributed by atoms with Crippen molar-refractivity contribution in [3.05, 3.63) is 70.3 Å². The maximum absolute atomic E-state index is 12.5. The first-order valence-corrected chi connectivity index (χ1v) is 11.1. The predicted molar refractivity (Wildman–Crippen MR) is 122 cm³/mol. The second kappa shape index (κ2) is 9.01. The normalized spacial score (nSPS) is 10.8. The highest BCUT2D eigenvalue weighted by Crippen LogP contribution is 2.37. The van der Waals surface area contributed by atoms with Gasteiger partial charge < -0.3 is 9.30 Å². The van der Waals surface area contributed by atoms with Gasteiger partial charge in [-0.15, -0.1) is 11.3 Å². The van der Waals surface area contributed by atoms with Crippen LogP contribution in [0.2, 0.25) is 5.02 Å². The van der Waals surface area contributed by atoms with E-state index in [0.717, 1.165) is 20.1 Å². The molecule has 4 aromatic rings. The van der Waals surface area contributed by atoms with Crippen LogP contribution in [0.4, 0.5) is 0 Å². The lowest BCUT2D eigenvalue weighted by Gasteiger charge is -2.07. The van der Waals surface area contributed by atoms with Gasteiger partial charge in [-0.25, -0.2) is 4.98 Å². The summed E-state index contributed by atoms with van der Waals surface area (Å²) in [5.74, 6) is -0.239. The zero-order valence-corrected chi connectivity index (χ0v) is 18.9. The molecule has 0 unspecified atom stereocenters. The van der Waals surface area contributed by atoms with Crippen molar-refractivity contribution in [2.24, 2.45) is 7.05 Å². The average molecular weight is 473 g/mol. The molecule has 0 aliphatic carbocycles. The first kappa shape index (κ1) is 21.2. The highest BCUT2D eigenvalue weighted by molar-refractivity contribution is 7.99. The summed E-state index contributed by atoms with van der Waals surface area (Å²) in [6, 6.07) is 12.4. The van der Waals surface area contributed by atoms with Gasteiger partial charge >= 0.3 is 0 Å². The van der Waals surface area contributed by atoms with E-state index in [4.69, 9.17) is 16.3 Å². The molecule has 0 fully saturated rings. The van der Waals surface area contributed by atoms with E-state index in [-0.39, 0.29) is 0 Å². The van der Waals surface area contributed by atoms with Crippen molar-refractivity contribution in [2.45, 2.75) is 10.1 Å². The minimum atomic E-state index is -0.486. The number of methoxy groups -OCH3 is 1. The van der Waals surface area contributed by atoms with Crippen LogP contribution in [0.25, 0.3) is 10.1 Å². The van der Waals surface area contributed by atoms with Crippen LogP contribution >= 0.6 is 34.7 Å². The third-order valence-corrected chi connectivity index (χ3v) is 7.17. The number of imidazole rings is 1. The van der Waals surface area contributed by atoms with Gasteiger partial charge in [0.25, 0.3) is 11.8 Å². The number of amides is 2. The lowest BCUT2D eigenvalue weighted by Crippen LogP contribution is -2.41. The molecule has 7 nitrogen and oxygen atoms in total. The van der Waals surface area contributed by atoms with Gasteiger partial charge in [-0.1, -0.05) is 23.4 Å². The van der Waals surface area contributed by atoms with Crippen LogP contribution in [-0.2, 0) is 7.05 Å². The minimum absolute atomic E-state index is 0.312. The van der Waals surface area contributed by atoms with Crippen molar-refractivity contribution in [3.8, 4) is 5.75 Å². The smallest absolute Gasteiger partial charge is 0.281 e. The van der Waals surface area contributed by atoms with Crippen LogP contribution in [0.3, 0.4) is 0 Å². The number of thiophene rings is 1. The predicted octanol–water partition coefficient (Wildman–Crippen LogP) is 4.52. The van der Waals surface area contributed by atoms with Crippen molar-refractivity contribution in [2.75, 3.05) is 7.11 Å². The van der Waals surface area contributed by atoms with Crippen LogP contribution in [0.5, 0.6) is 5.75 Å². The third-order valence-electron chi connectivity index (χ3n) is 4.44. The first-order valence-electron chi connectivity index (χ1n) is 9.08. The standard InChI is InChI=1S/C21H17ClN4O3S2/c1-26-10-9-23-21(26)30-14-6-3-12(4-7-14)19(27)24-25-20(28)18-17(22)15-8-5-13(29-2)11-16(15)31-18/h3-11H,1-2H3,(H,24,27)(H,25,28). The largest absolute Gasteiger partial charge is 0.497 e. The van der Waals surface area contributed by atoms with Crippen molar-refractivity contribution in [1.82, 2.24) is 20.4 Å². The summed E-state index contributed by atoms with van der Waals surface area (Å²) >= 11 is 9.07. The van der Waals surface area contributed by atoms with Crippen LogP contribution in [0, 0.1) is 0 Å². The Labute approximate surface area is 191 Å². The molecule has 2 aromatic heterocycles. The number of rotatable bonds is 5. The quantitative estimate of drug-likeness (QED) is 0.417. The molecule has 0 radical (unpaired) electrons. The second-order valence-corrected chi connectivity index (χ2v) is 8.93. The number of hydrazine groups is 1. The Morgan fingerprint density at radius 1 is 1.13 bits per heavy atom. The number of benzene rings is 2. The first-order chi connectivity index (χ1) is 15.0. The van der Waals surface area contributed by atoms with Crippen molar-refractivity contribution in [3.63, 3.8) is 0 Å². The van der Waals surface area contributed by atoms with E-state index in [2.05, 4.69) is 15.8 Å². The highest BCUT2D eigenvalue weighted by atomic mass is 35.5. The number of ether oxygens (including phenoxy) is 1. The highest BCUT2D eigenvalue weighted by Gasteiger charge is 2.18. The molecule has 2 N–H and O–H groups in total. The van der Waals surface area contributed by atoms with Gasteiger partial charge in [0, 0.05) is 40.0 Å². The molecule has 2 aromatic carbocycles. The number of fused-ring (bicyclic) bond motifs is 1. The summed E-state index contributed by atoms with van der Waals surface area (Å²) in [4.78, 5) is 30.5. The molecule has 0 bridgehead atoms. The Morgan fingerprint density at radius 2 is 1.87 bits per heavy atom. The van der Waals surface area contributed by atoms with Crippen LogP contribution < -0.4 is 15.6 Å². The molecular formula is C21H17ClN4O3S2. The molecule has 10 heteroatoms. The Balaban J connectivity index is 1.40. The second-order valence-electron chi connectivity index (χ2n) is 6.46. The summed E-state index contributed by atoms with van der Waals surface area (Å²) in [7, 11) is 3.49. The van der Waals surface area contributed by atoms with E-state index in [1.807, 2.05) is 36.0 Å². The molecule has 0 aliphatic rings. The number of aromatic nitrogens is 2. The Bertz CT molecular complexity index is 1270. The van der Waals surface area contributed by atoms with Gasteiger partial charge in [0.05, 0.1) is 12.1 Å². The fraction of sp³-hybridized carbons (Fsp3) is 0.0952. The van der Waals surface area contributed by atoms with Gasteiger partial charge in [-0.2, -0.15) is 0 Å². The van der Waals surface area contributed by atoms with E-state index in [1.54, 1.807) is 37.6 Å². The number of carbonyl (C=O) groups excluding carboxylic acids is 2. The molecule has 31 heavy (non-hydrogen) atoms. The van der Waals surface area contributed by atoms with Crippen LogP contribution in [-0.4, -0.2) is 28.5 Å². The number of hydrogen-bond donors (Lipinski definition) is 2. The molecule has 4 rings (SSSR count). The number of nitrogens with zero attached hydrogens (tertiary/aromatic N) is 2. The van der Waals surface area contributed by atoms with E-state index >= 15 is 0 Å². The molecule has 0 atom stereocenters. The summed E-state index contributed by atoms with van der Waals surface area (Å²) < 4.78 is 7.94. The van der Waals surface area contributed by atoms with Crippen LogP contribution in [0.15, 0.2) is 64.9 Å². The Hall–Kier alpha value is -3.01. The molecule has 0 spiro atoms. The molecule has 158 valence electrons. The monoisotopic (exact) mass is 472 g/mol. The number of halogens is 1. The van der Waals surface area contributed by atoms with Gasteiger partial charge in [0.2, 0.25) is 0 Å². The summed E-state index contributed by atoms with van der Waals surface area (Å²) in [5.41, 5.74) is 5.26. The maximum atomic E-state index is 12.5. The van der Waals surface area contributed by atoms with E-state index in [9.17, 15) is 9.59 Å². The van der Waals surface area contributed by atoms with E-state index in [1.165, 1.54) is 23.1 Å². The van der Waals surface area contributed by atoms with Gasteiger partial charge in [-0.3, -0.25) is 20.4 Å². The summed E-state index contributed by atoms with van der Waals surface area (Å²) in [6.07, 6.45) is 3.60. The van der Waals surface area contributed by atoms with Gasteiger partial charge in [0.15, 0.2) is 5.16 Å². The fourth-order valence-corrected chi connectivity index (χ4v) is 5.03. The lowest BCUT2D eigenvalue weighted by atomic mass is 10.2. The molecule has 2 amide bonds. The average Bonchev–Trinajstić information content (AvgIpc) is 3.34. The third kappa shape index (κ3) is 4.53. The van der Waals surface area contributed by atoms with E-state index < -0.39 is 11.8 Å². The summed E-state index contributed by atoms with van der Waals surface area (Å²) in [6.45, 7) is 0. The zero-order chi connectivity index (χ0) is 22.0. The minimum Gasteiger partial charge on any atom is -0.497 e. The zero-order valence-electron chi connectivity index (χ0n) is 16.5. The number of aryl methyl sites for hydroxylation is 1. The number of nitrogens with one attached hydrogen (secondary N) is 2. The van der Waals surface area contributed by atoms with Crippen molar-refractivity contribution >= 4 is 56.6 Å². The Morgan fingerprint density at radius 3 is 2.55 bits per heavy atom. The number of hydrogen-bond acceptors (Lipinski definition) is 6. The van der Waals surface area contributed by atoms with Crippen molar-refractivity contribution < 1.29 is 14.3 Å².